The summed E-state index contributed by atoms with van der Waals surface area (Å²) >= 11 is 0. The van der Waals surface area contributed by atoms with Crippen LogP contribution in [0.5, 0.6) is 0 Å². The Kier molecular flexibility index (Phi) is 4.82. The first kappa shape index (κ1) is 18.3. The highest BCUT2D eigenvalue weighted by molar-refractivity contribution is 5.25. The molecule has 2 atom stereocenters. The van der Waals surface area contributed by atoms with Crippen LogP contribution < -0.4 is 10.9 Å². The number of fused-ring (bicyclic) bond motifs is 4. The van der Waals surface area contributed by atoms with Crippen LogP contribution in [0.15, 0.2) is 41.2 Å². The van der Waals surface area contributed by atoms with Crippen molar-refractivity contribution < 1.29 is 17.9 Å². The lowest BCUT2D eigenvalue weighted by Gasteiger charge is -2.37. The monoisotopic (exact) mass is 378 g/mol. The van der Waals surface area contributed by atoms with E-state index in [1.807, 2.05) is 10.6 Å². The molecule has 0 radical (unpaired) electrons. The molecule has 1 saturated heterocycles. The van der Waals surface area contributed by atoms with Gasteiger partial charge < -0.3 is 14.6 Å². The van der Waals surface area contributed by atoms with Gasteiger partial charge in [-0.05, 0) is 48.2 Å². The van der Waals surface area contributed by atoms with Gasteiger partial charge in [-0.3, -0.25) is 4.79 Å². The summed E-state index contributed by atoms with van der Waals surface area (Å²) in [5, 5.41) is 3.42. The van der Waals surface area contributed by atoms with E-state index >= 15 is 0 Å². The van der Waals surface area contributed by atoms with Gasteiger partial charge in [0.15, 0.2) is 0 Å². The zero-order valence-corrected chi connectivity index (χ0v) is 14.8. The van der Waals surface area contributed by atoms with Crippen LogP contribution in [0.4, 0.5) is 13.2 Å². The minimum Gasteiger partial charge on any atom is -0.372 e. The summed E-state index contributed by atoms with van der Waals surface area (Å²) in [4.78, 5) is 12.5. The quantitative estimate of drug-likeness (QED) is 0.888. The van der Waals surface area contributed by atoms with Crippen LogP contribution in [0.2, 0.25) is 0 Å². The lowest BCUT2D eigenvalue weighted by molar-refractivity contribution is -0.137. The first-order valence-corrected chi connectivity index (χ1v) is 9.08. The number of benzene rings is 1. The number of rotatable bonds is 4. The smallest absolute Gasteiger partial charge is 0.372 e. The van der Waals surface area contributed by atoms with Crippen molar-refractivity contribution in [3.05, 3.63) is 69.1 Å². The lowest BCUT2D eigenvalue weighted by Crippen LogP contribution is -2.45. The number of nitrogens with zero attached hydrogens (tertiary/aromatic N) is 1. The predicted molar refractivity (Wildman–Crippen MR) is 94.4 cm³/mol. The number of halogens is 3. The summed E-state index contributed by atoms with van der Waals surface area (Å²) in [6.45, 7) is 3.05. The molecule has 4 rings (SSSR count). The second-order valence-corrected chi connectivity index (χ2v) is 7.38. The first-order chi connectivity index (χ1) is 12.9. The Bertz CT molecular complexity index is 874. The fourth-order valence-corrected chi connectivity index (χ4v) is 4.02. The largest absolute Gasteiger partial charge is 0.416 e. The minimum atomic E-state index is -4.34. The van der Waals surface area contributed by atoms with Gasteiger partial charge in [0.05, 0.1) is 18.8 Å². The molecule has 4 nitrogen and oxygen atoms in total. The van der Waals surface area contributed by atoms with Crippen molar-refractivity contribution in [2.45, 2.75) is 38.3 Å². The van der Waals surface area contributed by atoms with E-state index in [9.17, 15) is 18.0 Å². The Labute approximate surface area is 155 Å². The average molecular weight is 378 g/mol. The van der Waals surface area contributed by atoms with Gasteiger partial charge in [0.1, 0.15) is 0 Å². The van der Waals surface area contributed by atoms with E-state index in [0.717, 1.165) is 49.4 Å². The molecule has 1 unspecified atom stereocenters. The molecule has 1 fully saturated rings. The van der Waals surface area contributed by atoms with Gasteiger partial charge in [0.2, 0.25) is 0 Å². The maximum absolute atomic E-state index is 12.6. The van der Waals surface area contributed by atoms with Gasteiger partial charge in [0.25, 0.3) is 5.56 Å². The molecule has 2 aliphatic heterocycles. The second kappa shape index (κ2) is 7.13. The molecule has 3 heterocycles. The molecule has 0 aliphatic carbocycles. The van der Waals surface area contributed by atoms with Crippen molar-refractivity contribution >= 4 is 0 Å². The molecule has 2 bridgehead atoms. The third-order valence-electron chi connectivity index (χ3n) is 5.34. The van der Waals surface area contributed by atoms with Crippen LogP contribution in [0.1, 0.15) is 34.7 Å². The molecule has 2 aliphatic rings. The summed E-state index contributed by atoms with van der Waals surface area (Å²) in [5.41, 5.74) is 1.85. The van der Waals surface area contributed by atoms with E-state index < -0.39 is 11.7 Å². The predicted octanol–water partition coefficient (Wildman–Crippen LogP) is 3.29. The fraction of sp³-hybridized carbons (Fsp3) is 0.450. The molecule has 27 heavy (non-hydrogen) atoms. The molecular weight excluding hydrogens is 357 g/mol. The number of alkyl halides is 3. The van der Waals surface area contributed by atoms with Crippen LogP contribution >= 0.6 is 0 Å². The minimum absolute atomic E-state index is 0.00256. The number of hydrogen-bond donors (Lipinski definition) is 1. The molecular formula is C20H21F3N2O2. The zero-order chi connectivity index (χ0) is 19.0. The van der Waals surface area contributed by atoms with Crippen molar-refractivity contribution in [2.24, 2.45) is 5.92 Å². The molecule has 2 aromatic rings. The molecule has 1 aromatic heterocycles. The maximum atomic E-state index is 12.6. The number of pyridine rings is 1. The van der Waals surface area contributed by atoms with Crippen LogP contribution in [-0.4, -0.2) is 17.7 Å². The standard InChI is InChI=1S/C20H21F3N2O2/c21-20(22,23)17-3-1-13(2-4-17)11-27-12-14-6-18-16-5-15(8-24-9-16)10-25(18)19(26)7-14/h1-4,6-7,15-16,24H,5,8-12H2/t15?,16-/m0/s1. The van der Waals surface area contributed by atoms with E-state index in [1.54, 1.807) is 6.07 Å². The van der Waals surface area contributed by atoms with Crippen LogP contribution in [0.25, 0.3) is 0 Å². The van der Waals surface area contributed by atoms with E-state index in [1.165, 1.54) is 12.1 Å². The Morgan fingerprint density at radius 1 is 1.07 bits per heavy atom. The highest BCUT2D eigenvalue weighted by atomic mass is 19.4. The summed E-state index contributed by atoms with van der Waals surface area (Å²) in [6, 6.07) is 8.57. The highest BCUT2D eigenvalue weighted by Crippen LogP contribution is 2.32. The Hall–Kier alpha value is -2.12. The molecule has 1 aromatic carbocycles. The van der Waals surface area contributed by atoms with E-state index in [2.05, 4.69) is 5.32 Å². The van der Waals surface area contributed by atoms with Gasteiger partial charge in [0, 0.05) is 30.8 Å². The van der Waals surface area contributed by atoms with E-state index in [0.29, 0.717) is 17.4 Å². The molecule has 0 amide bonds. The molecule has 0 spiro atoms. The third kappa shape index (κ3) is 3.94. The van der Waals surface area contributed by atoms with Crippen molar-refractivity contribution in [3.63, 3.8) is 0 Å². The SMILES string of the molecule is O=c1cc(COCc2ccc(C(F)(F)F)cc2)cc2n1CC1CNC[C@@H]2C1. The van der Waals surface area contributed by atoms with Gasteiger partial charge in [-0.15, -0.1) is 0 Å². The third-order valence-corrected chi connectivity index (χ3v) is 5.34. The van der Waals surface area contributed by atoms with E-state index in [4.69, 9.17) is 4.74 Å². The van der Waals surface area contributed by atoms with Crippen molar-refractivity contribution in [3.8, 4) is 0 Å². The number of ether oxygens (including phenoxy) is 1. The van der Waals surface area contributed by atoms with Crippen LogP contribution in [0.3, 0.4) is 0 Å². The van der Waals surface area contributed by atoms with Gasteiger partial charge in [-0.2, -0.15) is 13.2 Å². The van der Waals surface area contributed by atoms with Crippen molar-refractivity contribution in [1.82, 2.24) is 9.88 Å². The van der Waals surface area contributed by atoms with Crippen LogP contribution in [0, 0.1) is 5.92 Å². The summed E-state index contributed by atoms with van der Waals surface area (Å²) in [5.74, 6) is 0.857. The molecule has 0 saturated carbocycles. The fourth-order valence-electron chi connectivity index (χ4n) is 4.02. The number of hydrogen-bond acceptors (Lipinski definition) is 3. The van der Waals surface area contributed by atoms with Crippen molar-refractivity contribution in [2.75, 3.05) is 13.1 Å². The van der Waals surface area contributed by atoms with E-state index in [-0.39, 0.29) is 18.8 Å². The summed E-state index contributed by atoms with van der Waals surface area (Å²) < 4.78 is 45.3. The number of piperidine rings is 1. The number of nitrogens with one attached hydrogen (secondary N) is 1. The zero-order valence-electron chi connectivity index (χ0n) is 14.8. The second-order valence-electron chi connectivity index (χ2n) is 7.38. The lowest BCUT2D eigenvalue weighted by atomic mass is 9.84. The van der Waals surface area contributed by atoms with Gasteiger partial charge in [-0.25, -0.2) is 0 Å². The van der Waals surface area contributed by atoms with Crippen LogP contribution in [-0.2, 0) is 30.7 Å². The maximum Gasteiger partial charge on any atom is 0.416 e. The van der Waals surface area contributed by atoms with Gasteiger partial charge in [-0.1, -0.05) is 12.1 Å². The normalized spacial score (nSPS) is 21.7. The molecule has 144 valence electrons. The van der Waals surface area contributed by atoms with Crippen molar-refractivity contribution in [1.29, 1.82) is 0 Å². The molecule has 1 N–H and O–H groups in total. The summed E-state index contributed by atoms with van der Waals surface area (Å²) in [6.07, 6.45) is -3.24. The van der Waals surface area contributed by atoms with Gasteiger partial charge >= 0.3 is 6.18 Å². The topological polar surface area (TPSA) is 43.3 Å². The Morgan fingerprint density at radius 3 is 2.56 bits per heavy atom. The first-order valence-electron chi connectivity index (χ1n) is 9.08. The highest BCUT2D eigenvalue weighted by Gasteiger charge is 2.31. The summed E-state index contributed by atoms with van der Waals surface area (Å²) in [7, 11) is 0. The Balaban J connectivity index is 1.42. The average Bonchev–Trinajstić information content (AvgIpc) is 2.63. The number of aromatic nitrogens is 1. The molecule has 7 heteroatoms. The Morgan fingerprint density at radius 2 is 1.81 bits per heavy atom.